The average molecular weight is 569 g/mol. The maximum absolute atomic E-state index is 15.3. The number of halogens is 4. The van der Waals surface area contributed by atoms with Gasteiger partial charge in [-0.2, -0.15) is 0 Å². The second-order valence-corrected chi connectivity index (χ2v) is 16.0. The lowest BCUT2D eigenvalue weighted by Crippen LogP contribution is -2.27. The fourth-order valence-corrected chi connectivity index (χ4v) is 4.51. The van der Waals surface area contributed by atoms with E-state index >= 15 is 4.39 Å². The number of ether oxygens (including phenoxy) is 2. The Hall–Kier alpha value is -2.54. The van der Waals surface area contributed by atoms with Crippen LogP contribution < -0.4 is 10.1 Å². The smallest absolute Gasteiger partial charge is 0.271 e. The zero-order valence-corrected chi connectivity index (χ0v) is 23.3. The molecule has 11 heteroatoms. The van der Waals surface area contributed by atoms with Gasteiger partial charge >= 0.3 is 0 Å². The zero-order chi connectivity index (χ0) is 26.5. The third-order valence-electron chi connectivity index (χ3n) is 5.06. The number of imidazole rings is 1. The maximum atomic E-state index is 15.3. The van der Waals surface area contributed by atoms with Crippen LogP contribution in [0.3, 0.4) is 0 Å². The van der Waals surface area contributed by atoms with Gasteiger partial charge in [-0.15, -0.1) is 6.42 Å². The molecule has 0 saturated heterocycles. The largest absolute Gasteiger partial charge is 0.453 e. The fraction of sp³-hybridized carbons (Fsp3) is 0.280. The van der Waals surface area contributed by atoms with Crippen LogP contribution in [0.5, 0.6) is 11.5 Å². The van der Waals surface area contributed by atoms with Gasteiger partial charge in [-0.1, -0.05) is 66.4 Å². The number of hydrogen-bond acceptors (Lipinski definition) is 4. The maximum Gasteiger partial charge on any atom is 0.271 e. The van der Waals surface area contributed by atoms with E-state index in [0.29, 0.717) is 17.2 Å². The predicted octanol–water partition coefficient (Wildman–Crippen LogP) is 7.00. The molecule has 1 heterocycles. The van der Waals surface area contributed by atoms with E-state index in [2.05, 4.69) is 35.9 Å². The Balaban J connectivity index is 1.71. The van der Waals surface area contributed by atoms with E-state index in [1.165, 1.54) is 35.2 Å². The van der Waals surface area contributed by atoms with Crippen LogP contribution in [0.2, 0.25) is 40.9 Å². The molecule has 0 fully saturated rings. The Bertz CT molecular complexity index is 1300. The quantitative estimate of drug-likeness (QED) is 0.162. The molecular weight excluding hydrogens is 544 g/mol. The highest BCUT2D eigenvalue weighted by Crippen LogP contribution is 2.35. The minimum absolute atomic E-state index is 0.0205. The first-order chi connectivity index (χ1) is 17.0. The lowest BCUT2D eigenvalue weighted by molar-refractivity contribution is 0.0789. The molecule has 1 amide bonds. The van der Waals surface area contributed by atoms with Crippen molar-refractivity contribution in [2.45, 2.75) is 39.0 Å². The first kappa shape index (κ1) is 28.0. The molecule has 0 atom stereocenters. The number of amides is 1. The second-order valence-electron chi connectivity index (χ2n) is 9.16. The lowest BCUT2D eigenvalue weighted by atomic mass is 10.2. The number of rotatable bonds is 10. The van der Waals surface area contributed by atoms with Gasteiger partial charge in [-0.25, -0.2) is 9.37 Å². The molecule has 3 rings (SSSR count). The molecule has 0 bridgehead atoms. The topological polar surface area (TPSA) is 65.4 Å². The van der Waals surface area contributed by atoms with Crippen molar-refractivity contribution >= 4 is 48.8 Å². The molecule has 3 aromatic rings. The van der Waals surface area contributed by atoms with E-state index in [-0.39, 0.29) is 46.2 Å². The summed E-state index contributed by atoms with van der Waals surface area (Å²) in [7, 11) is -1.25. The number of nitrogens with one attached hydrogen (secondary N) is 1. The number of carbonyl (C=O) groups excluding carboxylic acids is 1. The van der Waals surface area contributed by atoms with E-state index < -0.39 is 19.8 Å². The summed E-state index contributed by atoms with van der Waals surface area (Å²) in [5, 5.41) is 3.05. The molecule has 0 saturated carbocycles. The minimum atomic E-state index is -1.25. The van der Waals surface area contributed by atoms with Crippen molar-refractivity contribution in [3.8, 4) is 23.8 Å². The van der Waals surface area contributed by atoms with Crippen LogP contribution >= 0.6 is 34.8 Å². The average Bonchev–Trinajstić information content (AvgIpc) is 3.18. The molecule has 190 valence electrons. The van der Waals surface area contributed by atoms with Crippen LogP contribution in [-0.2, 0) is 18.0 Å². The first-order valence-electron chi connectivity index (χ1n) is 11.0. The van der Waals surface area contributed by atoms with E-state index in [1.807, 2.05) is 0 Å². The molecule has 6 nitrogen and oxygen atoms in total. The highest BCUT2D eigenvalue weighted by molar-refractivity contribution is 6.76. The van der Waals surface area contributed by atoms with E-state index in [0.717, 1.165) is 6.04 Å². The van der Waals surface area contributed by atoms with Gasteiger partial charge in [0.25, 0.3) is 5.91 Å². The van der Waals surface area contributed by atoms with Crippen molar-refractivity contribution in [2.24, 2.45) is 0 Å². The van der Waals surface area contributed by atoms with Crippen molar-refractivity contribution in [2.75, 3.05) is 6.61 Å². The van der Waals surface area contributed by atoms with Crippen LogP contribution in [0.15, 0.2) is 36.7 Å². The van der Waals surface area contributed by atoms with Crippen LogP contribution in [0.25, 0.3) is 0 Å². The number of nitrogens with zero attached hydrogens (tertiary/aromatic N) is 2. The second kappa shape index (κ2) is 12.1. The van der Waals surface area contributed by atoms with Crippen molar-refractivity contribution in [1.29, 1.82) is 0 Å². The van der Waals surface area contributed by atoms with Gasteiger partial charge in [0.2, 0.25) is 0 Å². The summed E-state index contributed by atoms with van der Waals surface area (Å²) >= 11 is 18.4. The van der Waals surface area contributed by atoms with Crippen LogP contribution in [0.4, 0.5) is 4.39 Å². The van der Waals surface area contributed by atoms with Crippen LogP contribution in [0.1, 0.15) is 21.6 Å². The Morgan fingerprint density at radius 3 is 2.67 bits per heavy atom. The van der Waals surface area contributed by atoms with Gasteiger partial charge in [-0.3, -0.25) is 4.79 Å². The summed E-state index contributed by atoms with van der Waals surface area (Å²) in [6.07, 6.45) is 6.85. The molecular formula is C25H25Cl3FN3O3Si. The Kier molecular flexibility index (Phi) is 9.45. The lowest BCUT2D eigenvalue weighted by Gasteiger charge is -2.16. The van der Waals surface area contributed by atoms with Gasteiger partial charge in [-0.05, 0) is 30.3 Å². The molecule has 1 N–H and O–H groups in total. The van der Waals surface area contributed by atoms with Crippen molar-refractivity contribution in [1.82, 2.24) is 14.9 Å². The van der Waals surface area contributed by atoms with E-state index in [9.17, 15) is 4.79 Å². The molecule has 0 radical (unpaired) electrons. The molecule has 1 aromatic heterocycles. The monoisotopic (exact) mass is 567 g/mol. The van der Waals surface area contributed by atoms with Gasteiger partial charge < -0.3 is 19.4 Å². The first-order valence-corrected chi connectivity index (χ1v) is 15.8. The number of aromatic nitrogens is 2. The van der Waals surface area contributed by atoms with Gasteiger partial charge in [0.15, 0.2) is 16.7 Å². The van der Waals surface area contributed by atoms with Crippen molar-refractivity contribution in [3.05, 3.63) is 74.5 Å². The normalized spacial score (nSPS) is 11.3. The van der Waals surface area contributed by atoms with Crippen molar-refractivity contribution in [3.63, 3.8) is 0 Å². The molecule has 2 aromatic carbocycles. The summed E-state index contributed by atoms with van der Waals surface area (Å²) in [5.41, 5.74) is 0.738. The number of benzene rings is 2. The highest BCUT2D eigenvalue weighted by Gasteiger charge is 2.20. The molecule has 0 unspecified atom stereocenters. The summed E-state index contributed by atoms with van der Waals surface area (Å²) < 4.78 is 28.1. The SMILES string of the molecule is C#Cc1cc(Cl)cc(Oc2c(Cl)ccc(CNC(=O)c3c(Cl)ncn3COCC[Si](C)(C)C)c2F)c1. The molecule has 0 aliphatic carbocycles. The number of carbonyl (C=O) groups is 1. The zero-order valence-electron chi connectivity index (χ0n) is 20.0. The van der Waals surface area contributed by atoms with E-state index in [4.69, 9.17) is 50.7 Å². The van der Waals surface area contributed by atoms with Gasteiger partial charge in [0.1, 0.15) is 18.2 Å². The predicted molar refractivity (Wildman–Crippen MR) is 143 cm³/mol. The molecule has 0 aliphatic heterocycles. The van der Waals surface area contributed by atoms with Gasteiger partial charge in [0, 0.05) is 37.4 Å². The Morgan fingerprint density at radius 1 is 1.22 bits per heavy atom. The summed E-state index contributed by atoms with van der Waals surface area (Å²) in [6.45, 7) is 7.29. The number of terminal acetylenes is 1. The highest BCUT2D eigenvalue weighted by atomic mass is 35.5. The Morgan fingerprint density at radius 2 is 1.97 bits per heavy atom. The summed E-state index contributed by atoms with van der Waals surface area (Å²) in [4.78, 5) is 16.8. The molecule has 36 heavy (non-hydrogen) atoms. The van der Waals surface area contributed by atoms with Crippen molar-refractivity contribution < 1.29 is 18.7 Å². The number of hydrogen-bond donors (Lipinski definition) is 1. The van der Waals surface area contributed by atoms with Crippen LogP contribution in [0, 0.1) is 18.2 Å². The third-order valence-corrected chi connectivity index (χ3v) is 7.56. The third kappa shape index (κ3) is 7.48. The van der Waals surface area contributed by atoms with Gasteiger partial charge in [0.05, 0.1) is 11.3 Å². The molecule has 0 spiro atoms. The summed E-state index contributed by atoms with van der Waals surface area (Å²) in [6, 6.07) is 8.50. The van der Waals surface area contributed by atoms with E-state index in [1.54, 1.807) is 6.07 Å². The standard InChI is InChI=1S/C25H25Cl3FN3O3Si/c1-5-16-10-18(26)12-19(11-16)35-23-20(27)7-6-17(21(23)29)13-30-25(33)22-24(28)31-14-32(22)15-34-8-9-36(2,3)4/h1,6-7,10-12,14H,8-9,13,15H2,2-4H3,(H,30,33). The van der Waals surface area contributed by atoms with Crippen LogP contribution in [-0.4, -0.2) is 30.1 Å². The minimum Gasteiger partial charge on any atom is -0.453 e. The molecule has 0 aliphatic rings. The Labute approximate surface area is 225 Å². The summed E-state index contributed by atoms with van der Waals surface area (Å²) in [5.74, 6) is 1.19. The fourth-order valence-electron chi connectivity index (χ4n) is 3.11.